The van der Waals surface area contributed by atoms with Crippen LogP contribution in [-0.2, 0) is 42.9 Å². The number of aliphatic hydroxyl groups is 2. The number of carbonyl (C=O) groups is 4. The van der Waals surface area contributed by atoms with Crippen LogP contribution in [0.25, 0.3) is 0 Å². The summed E-state index contributed by atoms with van der Waals surface area (Å²) in [7, 11) is 0. The van der Waals surface area contributed by atoms with Crippen molar-refractivity contribution in [2.24, 2.45) is 0 Å². The van der Waals surface area contributed by atoms with Crippen molar-refractivity contribution in [3.05, 3.63) is 60.8 Å². The highest BCUT2D eigenvalue weighted by Gasteiger charge is 2.50. The molecule has 65 heavy (non-hydrogen) atoms. The van der Waals surface area contributed by atoms with Crippen LogP contribution in [0.4, 0.5) is 0 Å². The summed E-state index contributed by atoms with van der Waals surface area (Å²) in [5, 5.41) is 31.2. The molecule has 0 radical (unpaired) electrons. The third-order valence-electron chi connectivity index (χ3n) is 11.1. The molecule has 0 spiro atoms. The molecule has 1 aliphatic heterocycles. The molecule has 0 aromatic heterocycles. The number of hydrogen-bond donors (Lipinski definition) is 3. The lowest BCUT2D eigenvalue weighted by atomic mass is 9.98. The fraction of sp³-hybridized carbons (Fsp3) is 0.736. The standard InChI is InChI=1S/C53H88O12/c1-4-7-10-13-16-19-22-23-26-27-30-33-36-39-45(54)61-42-44(63-46(55)40-37-34-31-28-24-20-17-14-11-8-5-2)43-62-53-51(49(58)48(57)50(65-53)52(59)60)64-47(56)41-38-35-32-29-25-21-18-15-12-9-6-3/h7,10,14,16-17,19,23,26,30,33,44,48-51,53,57-58H,4-6,8-9,11-13,15,18,20-22,24-25,27-29,31-32,34-43H2,1-3H3,(H,59,60)/b10-7-,17-14-,19-16-,26-23-,33-30-. The van der Waals surface area contributed by atoms with E-state index in [1.165, 1.54) is 51.4 Å². The zero-order valence-electron chi connectivity index (χ0n) is 40.5. The molecule has 0 bridgehead atoms. The summed E-state index contributed by atoms with van der Waals surface area (Å²) >= 11 is 0. The molecule has 0 aromatic carbocycles. The normalized spacial score (nSPS) is 19.6. The lowest BCUT2D eigenvalue weighted by molar-refractivity contribution is -0.301. The van der Waals surface area contributed by atoms with E-state index in [-0.39, 0.29) is 25.9 Å². The topological polar surface area (TPSA) is 175 Å². The van der Waals surface area contributed by atoms with Crippen molar-refractivity contribution in [3.63, 3.8) is 0 Å². The first-order chi connectivity index (χ1) is 31.6. The maximum Gasteiger partial charge on any atom is 0.335 e. The second-order valence-electron chi connectivity index (χ2n) is 17.1. The predicted molar refractivity (Wildman–Crippen MR) is 257 cm³/mol. The van der Waals surface area contributed by atoms with E-state index in [1.54, 1.807) is 0 Å². The Morgan fingerprint density at radius 2 is 1.02 bits per heavy atom. The summed E-state index contributed by atoms with van der Waals surface area (Å²) in [6, 6.07) is 0. The van der Waals surface area contributed by atoms with E-state index >= 15 is 0 Å². The SMILES string of the molecule is CC/C=C\C/C=C\C/C=C\C/C=C\CCC(=O)OCC(COC1OC(C(=O)O)C(O)C(O)C1OC(=O)CCCCCCCCCCCCC)OC(=O)CCCCCCC/C=C\CCCC. The van der Waals surface area contributed by atoms with Gasteiger partial charge in [-0.1, -0.05) is 178 Å². The molecule has 0 aromatic rings. The Morgan fingerprint density at radius 1 is 0.523 bits per heavy atom. The minimum atomic E-state index is -1.91. The number of carbonyl (C=O) groups excluding carboxylic acids is 3. The van der Waals surface area contributed by atoms with Crippen molar-refractivity contribution in [3.8, 4) is 0 Å². The summed E-state index contributed by atoms with van der Waals surface area (Å²) in [4.78, 5) is 50.6. The molecule has 6 unspecified atom stereocenters. The highest BCUT2D eigenvalue weighted by atomic mass is 16.7. The highest BCUT2D eigenvalue weighted by molar-refractivity contribution is 5.74. The second-order valence-corrected chi connectivity index (χ2v) is 17.1. The highest BCUT2D eigenvalue weighted by Crippen LogP contribution is 2.26. The van der Waals surface area contributed by atoms with Crippen molar-refractivity contribution in [2.45, 2.75) is 237 Å². The van der Waals surface area contributed by atoms with Crippen LogP contribution in [0.2, 0.25) is 0 Å². The summed E-state index contributed by atoms with van der Waals surface area (Å²) in [5.74, 6) is -3.24. The van der Waals surface area contributed by atoms with Gasteiger partial charge in [0.1, 0.15) is 18.8 Å². The molecule has 372 valence electrons. The van der Waals surface area contributed by atoms with Gasteiger partial charge in [0.25, 0.3) is 0 Å². The van der Waals surface area contributed by atoms with Crippen LogP contribution in [0.3, 0.4) is 0 Å². The molecule has 1 saturated heterocycles. The monoisotopic (exact) mass is 917 g/mol. The molecule has 6 atom stereocenters. The van der Waals surface area contributed by atoms with Gasteiger partial charge in [-0.2, -0.15) is 0 Å². The quantitative estimate of drug-likeness (QED) is 0.0229. The van der Waals surface area contributed by atoms with Gasteiger partial charge < -0.3 is 39.0 Å². The van der Waals surface area contributed by atoms with Gasteiger partial charge in [0, 0.05) is 19.3 Å². The number of aliphatic hydroxyl groups excluding tert-OH is 2. The average molecular weight is 917 g/mol. The van der Waals surface area contributed by atoms with Crippen molar-refractivity contribution < 1.29 is 58.2 Å². The van der Waals surface area contributed by atoms with Gasteiger partial charge in [-0.25, -0.2) is 4.79 Å². The molecule has 0 amide bonds. The number of rotatable bonds is 41. The van der Waals surface area contributed by atoms with Crippen LogP contribution in [0, 0.1) is 0 Å². The number of esters is 3. The van der Waals surface area contributed by atoms with Crippen LogP contribution < -0.4 is 0 Å². The van der Waals surface area contributed by atoms with Gasteiger partial charge in [-0.3, -0.25) is 14.4 Å². The van der Waals surface area contributed by atoms with Crippen molar-refractivity contribution in [2.75, 3.05) is 13.2 Å². The largest absolute Gasteiger partial charge is 0.479 e. The Hall–Kier alpha value is -3.58. The van der Waals surface area contributed by atoms with Gasteiger partial charge in [-0.05, 0) is 64.2 Å². The van der Waals surface area contributed by atoms with E-state index in [1.807, 2.05) is 12.2 Å². The smallest absolute Gasteiger partial charge is 0.335 e. The van der Waals surface area contributed by atoms with Crippen LogP contribution >= 0.6 is 0 Å². The summed E-state index contributed by atoms with van der Waals surface area (Å²) < 4.78 is 28.1. The molecule has 1 rings (SSSR count). The van der Waals surface area contributed by atoms with Crippen molar-refractivity contribution in [1.29, 1.82) is 0 Å². The molecular weight excluding hydrogens is 829 g/mol. The van der Waals surface area contributed by atoms with E-state index in [9.17, 15) is 34.5 Å². The van der Waals surface area contributed by atoms with Gasteiger partial charge >= 0.3 is 23.9 Å². The number of hydrogen-bond acceptors (Lipinski definition) is 11. The number of carboxylic acids is 1. The molecule has 1 fully saturated rings. The second kappa shape index (κ2) is 41.8. The first-order valence-electron chi connectivity index (χ1n) is 25.3. The van der Waals surface area contributed by atoms with Crippen LogP contribution in [0.1, 0.15) is 201 Å². The molecule has 3 N–H and O–H groups in total. The van der Waals surface area contributed by atoms with Crippen molar-refractivity contribution in [1.82, 2.24) is 0 Å². The summed E-state index contributed by atoms with van der Waals surface area (Å²) in [6.45, 7) is 5.71. The van der Waals surface area contributed by atoms with Gasteiger partial charge in [0.15, 0.2) is 24.6 Å². The third kappa shape index (κ3) is 32.7. The first-order valence-corrected chi connectivity index (χ1v) is 25.3. The van der Waals surface area contributed by atoms with E-state index < -0.39 is 67.3 Å². The lowest BCUT2D eigenvalue weighted by Gasteiger charge is -2.40. The van der Waals surface area contributed by atoms with E-state index in [0.29, 0.717) is 19.3 Å². The van der Waals surface area contributed by atoms with Gasteiger partial charge in [0.2, 0.25) is 0 Å². The molecule has 1 aliphatic rings. The minimum Gasteiger partial charge on any atom is -0.479 e. The fourth-order valence-electron chi connectivity index (χ4n) is 7.18. The maximum atomic E-state index is 13.0. The Morgan fingerprint density at radius 3 is 1.58 bits per heavy atom. The van der Waals surface area contributed by atoms with E-state index in [0.717, 1.165) is 89.9 Å². The number of carboxylic acid groups (broad SMARTS) is 1. The molecular formula is C53H88O12. The van der Waals surface area contributed by atoms with Crippen molar-refractivity contribution >= 4 is 23.9 Å². The number of aliphatic carboxylic acids is 1. The molecule has 1 heterocycles. The van der Waals surface area contributed by atoms with E-state index in [4.69, 9.17) is 23.7 Å². The third-order valence-corrected chi connectivity index (χ3v) is 11.1. The number of unbranched alkanes of at least 4 members (excludes halogenated alkanes) is 17. The predicted octanol–water partition coefficient (Wildman–Crippen LogP) is 11.7. The minimum absolute atomic E-state index is 0.0542. The van der Waals surface area contributed by atoms with Crippen LogP contribution in [0.15, 0.2) is 60.8 Å². The zero-order valence-corrected chi connectivity index (χ0v) is 40.5. The fourth-order valence-corrected chi connectivity index (χ4v) is 7.18. The van der Waals surface area contributed by atoms with Crippen LogP contribution in [-0.4, -0.2) is 89.2 Å². The maximum absolute atomic E-state index is 13.0. The van der Waals surface area contributed by atoms with Crippen LogP contribution in [0.5, 0.6) is 0 Å². The molecule has 12 heteroatoms. The molecule has 0 saturated carbocycles. The zero-order chi connectivity index (χ0) is 47.6. The van der Waals surface area contributed by atoms with Gasteiger partial charge in [0.05, 0.1) is 6.61 Å². The molecule has 12 nitrogen and oxygen atoms in total. The number of allylic oxidation sites excluding steroid dienone is 10. The Kier molecular flexibility index (Phi) is 38.2. The lowest BCUT2D eigenvalue weighted by Crippen LogP contribution is -2.61. The average Bonchev–Trinajstić information content (AvgIpc) is 3.29. The molecule has 0 aliphatic carbocycles. The summed E-state index contributed by atoms with van der Waals surface area (Å²) in [5.41, 5.74) is 0. The summed E-state index contributed by atoms with van der Waals surface area (Å²) in [6.07, 6.45) is 36.7. The van der Waals surface area contributed by atoms with Gasteiger partial charge in [-0.15, -0.1) is 0 Å². The Bertz CT molecular complexity index is 1370. The first kappa shape index (κ1) is 59.4. The van der Waals surface area contributed by atoms with E-state index in [2.05, 4.69) is 69.4 Å². The number of ether oxygens (including phenoxy) is 5. The Balaban J connectivity index is 2.80. The Labute approximate surface area is 392 Å².